The Kier molecular flexibility index (Phi) is 7.00. The molecule has 1 rings (SSSR count). The lowest BCUT2D eigenvalue weighted by atomic mass is 9.84. The summed E-state index contributed by atoms with van der Waals surface area (Å²) in [5, 5.41) is 20.1. The van der Waals surface area contributed by atoms with Crippen LogP contribution in [0.4, 0.5) is 0 Å². The number of ether oxygens (including phenoxy) is 1. The zero-order valence-corrected chi connectivity index (χ0v) is 16.5. The van der Waals surface area contributed by atoms with Crippen LogP contribution < -0.4 is 0 Å². The van der Waals surface area contributed by atoms with Crippen LogP contribution in [0.3, 0.4) is 0 Å². The molecule has 0 radical (unpaired) electrons. The Morgan fingerprint density at radius 1 is 1.31 bits per heavy atom. The first-order valence-electron chi connectivity index (χ1n) is 8.51. The molecule has 1 atom stereocenters. The van der Waals surface area contributed by atoms with Gasteiger partial charge in [-0.3, -0.25) is 4.99 Å². The average molecular weight is 359 g/mol. The number of terminal acetylenes is 1. The molecule has 2 N–H and O–H groups in total. The number of hydrogen-bond donors (Lipinski definition) is 2. The van der Waals surface area contributed by atoms with Crippen molar-refractivity contribution in [2.75, 3.05) is 6.61 Å². The first-order chi connectivity index (χ1) is 11.9. The fourth-order valence-electron chi connectivity index (χ4n) is 2.51. The quantitative estimate of drug-likeness (QED) is 0.460. The first kappa shape index (κ1) is 21.7. The summed E-state index contributed by atoms with van der Waals surface area (Å²) in [6.07, 6.45) is 6.63. The highest BCUT2D eigenvalue weighted by Gasteiger charge is 2.30. The van der Waals surface area contributed by atoms with E-state index in [9.17, 15) is 15.0 Å². The molecule has 0 heterocycles. The summed E-state index contributed by atoms with van der Waals surface area (Å²) < 4.78 is 5.39. The van der Waals surface area contributed by atoms with E-state index in [1.165, 1.54) is 6.21 Å². The van der Waals surface area contributed by atoms with E-state index in [-0.39, 0.29) is 17.8 Å². The van der Waals surface area contributed by atoms with Crippen LogP contribution in [0.15, 0.2) is 17.1 Å². The Balaban J connectivity index is 3.35. The van der Waals surface area contributed by atoms with Crippen molar-refractivity contribution in [3.63, 3.8) is 0 Å². The Hall–Kier alpha value is -2.32. The molecule has 0 amide bonds. The lowest BCUT2D eigenvalue weighted by molar-refractivity contribution is -0.140. The first-order valence-corrected chi connectivity index (χ1v) is 8.51. The molecule has 5 nitrogen and oxygen atoms in total. The lowest BCUT2D eigenvalue weighted by Crippen LogP contribution is -2.32. The van der Waals surface area contributed by atoms with Gasteiger partial charge in [-0.1, -0.05) is 47.5 Å². The van der Waals surface area contributed by atoms with Gasteiger partial charge in [0.15, 0.2) is 6.04 Å². The standard InChI is InChI=1S/C21H29NO4/c1-8-9-26-13-14-10-15(17(23)16(11-14)20(2,3)4)12-22-18(19(24)25)21(5,6)7/h1,10-12,18,23H,9,13H2,2-7H3,(H,24,25)/t18-/m1/s1. The fourth-order valence-corrected chi connectivity index (χ4v) is 2.51. The summed E-state index contributed by atoms with van der Waals surface area (Å²) in [6, 6.07) is 2.70. The number of aliphatic carboxylic acids is 1. The van der Waals surface area contributed by atoms with Crippen molar-refractivity contribution in [3.8, 4) is 18.1 Å². The monoisotopic (exact) mass is 359 g/mol. The molecular weight excluding hydrogens is 330 g/mol. The van der Waals surface area contributed by atoms with Crippen LogP contribution in [0.25, 0.3) is 0 Å². The van der Waals surface area contributed by atoms with Crippen molar-refractivity contribution in [1.29, 1.82) is 0 Å². The Labute approximate surface area is 156 Å². The molecule has 0 aliphatic rings. The second kappa shape index (κ2) is 8.37. The number of aliphatic imine (C=N–C) groups is 1. The van der Waals surface area contributed by atoms with E-state index in [2.05, 4.69) is 10.9 Å². The molecule has 0 aliphatic heterocycles. The van der Waals surface area contributed by atoms with E-state index in [4.69, 9.17) is 11.2 Å². The third kappa shape index (κ3) is 5.89. The Bertz CT molecular complexity index is 715. The molecule has 0 saturated heterocycles. The molecule has 0 unspecified atom stereocenters. The summed E-state index contributed by atoms with van der Waals surface area (Å²) in [7, 11) is 0. The summed E-state index contributed by atoms with van der Waals surface area (Å²) in [5.74, 6) is 1.51. The molecule has 5 heteroatoms. The van der Waals surface area contributed by atoms with E-state index < -0.39 is 17.4 Å². The normalized spacial score (nSPS) is 13.6. The second-order valence-corrected chi connectivity index (χ2v) is 8.41. The van der Waals surface area contributed by atoms with Crippen molar-refractivity contribution in [2.24, 2.45) is 10.4 Å². The minimum atomic E-state index is -1.00. The minimum Gasteiger partial charge on any atom is -0.507 e. The molecule has 142 valence electrons. The number of carboxylic acids is 1. The zero-order chi connectivity index (χ0) is 20.1. The van der Waals surface area contributed by atoms with E-state index in [1.54, 1.807) is 6.07 Å². The predicted molar refractivity (Wildman–Crippen MR) is 104 cm³/mol. The number of benzene rings is 1. The zero-order valence-electron chi connectivity index (χ0n) is 16.5. The second-order valence-electron chi connectivity index (χ2n) is 8.41. The number of phenols is 1. The van der Waals surface area contributed by atoms with Gasteiger partial charge in [-0.2, -0.15) is 0 Å². The molecule has 1 aromatic rings. The molecular formula is C21H29NO4. The summed E-state index contributed by atoms with van der Waals surface area (Å²) >= 11 is 0. The van der Waals surface area contributed by atoms with Crippen LogP contribution in [0.5, 0.6) is 5.75 Å². The van der Waals surface area contributed by atoms with Crippen molar-refractivity contribution in [2.45, 2.75) is 59.6 Å². The smallest absolute Gasteiger partial charge is 0.328 e. The molecule has 1 aromatic carbocycles. The summed E-state index contributed by atoms with van der Waals surface area (Å²) in [5.41, 5.74) is 1.20. The Morgan fingerprint density at radius 2 is 1.92 bits per heavy atom. The molecule has 26 heavy (non-hydrogen) atoms. The van der Waals surface area contributed by atoms with Gasteiger partial charge in [0.2, 0.25) is 0 Å². The maximum absolute atomic E-state index is 11.5. The third-order valence-electron chi connectivity index (χ3n) is 3.88. The van der Waals surface area contributed by atoms with E-state index in [0.29, 0.717) is 12.2 Å². The van der Waals surface area contributed by atoms with Crippen LogP contribution in [-0.4, -0.2) is 35.0 Å². The third-order valence-corrected chi connectivity index (χ3v) is 3.88. The van der Waals surface area contributed by atoms with Crippen molar-refractivity contribution in [1.82, 2.24) is 0 Å². The van der Waals surface area contributed by atoms with Crippen LogP contribution in [-0.2, 0) is 21.6 Å². The molecule has 0 saturated carbocycles. The number of aromatic hydroxyl groups is 1. The largest absolute Gasteiger partial charge is 0.507 e. The van der Waals surface area contributed by atoms with Crippen LogP contribution in [0, 0.1) is 17.8 Å². The highest BCUT2D eigenvalue weighted by atomic mass is 16.5. The average Bonchev–Trinajstić information content (AvgIpc) is 2.47. The number of rotatable bonds is 6. The molecule has 0 spiro atoms. The number of carbonyl (C=O) groups is 1. The number of nitrogens with zero attached hydrogens (tertiary/aromatic N) is 1. The predicted octanol–water partition coefficient (Wildman–Crippen LogP) is 3.76. The van der Waals surface area contributed by atoms with E-state index in [1.807, 2.05) is 47.6 Å². The summed E-state index contributed by atoms with van der Waals surface area (Å²) in [4.78, 5) is 15.7. The van der Waals surface area contributed by atoms with Gasteiger partial charge < -0.3 is 14.9 Å². The summed E-state index contributed by atoms with van der Waals surface area (Å²) in [6.45, 7) is 11.9. The van der Waals surface area contributed by atoms with Gasteiger partial charge in [-0.15, -0.1) is 6.42 Å². The highest BCUT2D eigenvalue weighted by Crippen LogP contribution is 2.34. The molecule has 0 aliphatic carbocycles. The fraction of sp³-hybridized carbons (Fsp3) is 0.524. The topological polar surface area (TPSA) is 79.1 Å². The van der Waals surface area contributed by atoms with E-state index in [0.717, 1.165) is 11.1 Å². The molecule has 0 fully saturated rings. The van der Waals surface area contributed by atoms with Crippen LogP contribution >= 0.6 is 0 Å². The van der Waals surface area contributed by atoms with Gasteiger partial charge in [0.05, 0.1) is 6.61 Å². The molecule has 0 aromatic heterocycles. The van der Waals surface area contributed by atoms with Crippen molar-refractivity contribution in [3.05, 3.63) is 28.8 Å². The van der Waals surface area contributed by atoms with Crippen LogP contribution in [0.1, 0.15) is 58.2 Å². The number of carboxylic acid groups (broad SMARTS) is 1. The SMILES string of the molecule is C#CCOCc1cc(C=N[C@H](C(=O)O)C(C)(C)C)c(O)c(C(C)(C)C)c1. The lowest BCUT2D eigenvalue weighted by Gasteiger charge is -2.24. The van der Waals surface area contributed by atoms with Gasteiger partial charge in [-0.05, 0) is 28.5 Å². The maximum Gasteiger partial charge on any atom is 0.328 e. The van der Waals surface area contributed by atoms with E-state index >= 15 is 0 Å². The number of phenolic OH excluding ortho intramolecular Hbond substituents is 1. The Morgan fingerprint density at radius 3 is 2.38 bits per heavy atom. The minimum absolute atomic E-state index is 0.0972. The highest BCUT2D eigenvalue weighted by molar-refractivity contribution is 5.87. The van der Waals surface area contributed by atoms with Gasteiger partial charge in [0.1, 0.15) is 12.4 Å². The van der Waals surface area contributed by atoms with Gasteiger partial charge in [0, 0.05) is 17.3 Å². The van der Waals surface area contributed by atoms with Crippen molar-refractivity contribution >= 4 is 12.2 Å². The van der Waals surface area contributed by atoms with Gasteiger partial charge in [-0.25, -0.2) is 4.79 Å². The van der Waals surface area contributed by atoms with Crippen molar-refractivity contribution < 1.29 is 19.7 Å². The number of hydrogen-bond acceptors (Lipinski definition) is 4. The molecule has 0 bridgehead atoms. The van der Waals surface area contributed by atoms with Crippen LogP contribution in [0.2, 0.25) is 0 Å². The maximum atomic E-state index is 11.5. The van der Waals surface area contributed by atoms with Gasteiger partial charge in [0.25, 0.3) is 0 Å². The van der Waals surface area contributed by atoms with Gasteiger partial charge >= 0.3 is 5.97 Å².